The van der Waals surface area contributed by atoms with E-state index in [-0.39, 0.29) is 0 Å². The van der Waals surface area contributed by atoms with E-state index in [1.165, 1.54) is 0 Å². The molecule has 0 saturated carbocycles. The summed E-state index contributed by atoms with van der Waals surface area (Å²) < 4.78 is 36.0. The zero-order valence-corrected chi connectivity index (χ0v) is 22.2. The molecule has 0 N–H and O–H groups in total. The Morgan fingerprint density at radius 1 is 0.531 bits per heavy atom. The molecule has 0 aliphatic carbocycles. The molecule has 2 aromatic rings. The van der Waals surface area contributed by atoms with Gasteiger partial charge >= 0.3 is 17.6 Å². The lowest BCUT2D eigenvalue weighted by molar-refractivity contribution is 0.0851. The molecule has 1 aromatic carbocycles. The van der Waals surface area contributed by atoms with Crippen LogP contribution in [0, 0.1) is 0 Å². The summed E-state index contributed by atoms with van der Waals surface area (Å²) in [5, 5.41) is 1.80. The zero-order valence-electron chi connectivity index (χ0n) is 20.2. The lowest BCUT2D eigenvalue weighted by Crippen LogP contribution is -2.57. The minimum Gasteiger partial charge on any atom is -0.370 e. The Bertz CT molecular complexity index is 687. The Kier molecular flexibility index (Phi) is 11.2. The Morgan fingerprint density at radius 2 is 0.906 bits per heavy atom. The summed E-state index contributed by atoms with van der Waals surface area (Å²) in [6.45, 7) is 14.8. The van der Waals surface area contributed by atoms with E-state index in [1.807, 2.05) is 77.9 Å². The van der Waals surface area contributed by atoms with Crippen LogP contribution in [-0.4, -0.2) is 62.2 Å². The average Bonchev–Trinajstić information content (AvgIpc) is 2.80. The maximum Gasteiger partial charge on any atom is 0.538 e. The van der Waals surface area contributed by atoms with Crippen molar-refractivity contribution in [2.75, 3.05) is 39.6 Å². The first-order valence-electron chi connectivity index (χ1n) is 11.5. The number of rotatable bonds is 15. The molecule has 7 nitrogen and oxygen atoms in total. The van der Waals surface area contributed by atoms with Gasteiger partial charge in [-0.25, -0.2) is 0 Å². The molecule has 0 fully saturated rings. The summed E-state index contributed by atoms with van der Waals surface area (Å²) in [7, 11) is -5.88. The van der Waals surface area contributed by atoms with Gasteiger partial charge in [0, 0.05) is 61.8 Å². The highest BCUT2D eigenvalue weighted by atomic mass is 28.4. The topological polar surface area (TPSA) is 68.3 Å². The first kappa shape index (κ1) is 26.8. The minimum absolute atomic E-state index is 0.514. The predicted molar refractivity (Wildman–Crippen MR) is 130 cm³/mol. The Morgan fingerprint density at radius 3 is 1.25 bits per heavy atom. The lowest BCUT2D eigenvalue weighted by atomic mass is 10.1. The van der Waals surface area contributed by atoms with E-state index >= 15 is 0 Å². The van der Waals surface area contributed by atoms with E-state index in [0.29, 0.717) is 39.6 Å². The largest absolute Gasteiger partial charge is 0.538 e. The van der Waals surface area contributed by atoms with Crippen molar-refractivity contribution < 1.29 is 26.6 Å². The quantitative estimate of drug-likeness (QED) is 0.363. The molecule has 0 saturated heterocycles. The number of pyridine rings is 1. The van der Waals surface area contributed by atoms with Crippen molar-refractivity contribution in [3.8, 4) is 11.3 Å². The number of hydrogen-bond acceptors (Lipinski definition) is 7. The molecule has 0 unspecified atom stereocenters. The molecule has 9 heteroatoms. The third kappa shape index (κ3) is 6.33. The highest BCUT2D eigenvalue weighted by Gasteiger charge is 2.44. The van der Waals surface area contributed by atoms with Crippen LogP contribution in [0.1, 0.15) is 41.5 Å². The third-order valence-corrected chi connectivity index (χ3v) is 10.7. The molecule has 0 aliphatic heterocycles. The van der Waals surface area contributed by atoms with Crippen LogP contribution in [0.25, 0.3) is 11.3 Å². The highest BCUT2D eigenvalue weighted by Crippen LogP contribution is 2.19. The van der Waals surface area contributed by atoms with Gasteiger partial charge < -0.3 is 26.6 Å². The van der Waals surface area contributed by atoms with Crippen LogP contribution in [-0.2, 0) is 26.6 Å². The van der Waals surface area contributed by atoms with Crippen LogP contribution in [0.2, 0.25) is 0 Å². The fourth-order valence-corrected chi connectivity index (χ4v) is 8.35. The van der Waals surface area contributed by atoms with E-state index in [1.54, 1.807) is 6.20 Å². The summed E-state index contributed by atoms with van der Waals surface area (Å²) in [5.41, 5.74) is 1.84. The molecule has 0 bridgehead atoms. The first-order valence-corrected chi connectivity index (χ1v) is 14.9. The van der Waals surface area contributed by atoms with Gasteiger partial charge in [0.25, 0.3) is 0 Å². The lowest BCUT2D eigenvalue weighted by Gasteiger charge is -2.29. The second kappa shape index (κ2) is 13.3. The number of nitrogens with zero attached hydrogens (tertiary/aromatic N) is 1. The van der Waals surface area contributed by atoms with Crippen LogP contribution in [0.5, 0.6) is 0 Å². The van der Waals surface area contributed by atoms with Crippen molar-refractivity contribution in [1.29, 1.82) is 0 Å². The van der Waals surface area contributed by atoms with Gasteiger partial charge in [0.2, 0.25) is 0 Å². The van der Waals surface area contributed by atoms with Crippen molar-refractivity contribution in [2.24, 2.45) is 0 Å². The molecule has 0 amide bonds. The second-order valence-electron chi connectivity index (χ2n) is 6.72. The van der Waals surface area contributed by atoms with Crippen molar-refractivity contribution in [3.05, 3.63) is 42.6 Å². The van der Waals surface area contributed by atoms with Crippen molar-refractivity contribution in [1.82, 2.24) is 4.98 Å². The molecule has 0 radical (unpaired) electrons. The molecule has 0 aliphatic rings. The molecule has 178 valence electrons. The first-order chi connectivity index (χ1) is 15.5. The van der Waals surface area contributed by atoms with Gasteiger partial charge in [0.15, 0.2) is 0 Å². The zero-order chi connectivity index (χ0) is 23.5. The molecule has 2 rings (SSSR count). The summed E-state index contributed by atoms with van der Waals surface area (Å²) in [6.07, 6.45) is 1.80. The fourth-order valence-electron chi connectivity index (χ4n) is 3.48. The van der Waals surface area contributed by atoms with E-state index < -0.39 is 17.6 Å². The van der Waals surface area contributed by atoms with E-state index in [4.69, 9.17) is 26.6 Å². The number of benzene rings is 1. The van der Waals surface area contributed by atoms with Crippen LogP contribution >= 0.6 is 0 Å². The number of aromatic nitrogens is 1. The van der Waals surface area contributed by atoms with Crippen molar-refractivity contribution in [2.45, 2.75) is 41.5 Å². The fraction of sp³-hybridized carbons (Fsp3) is 0.522. The summed E-state index contributed by atoms with van der Waals surface area (Å²) in [6, 6.07) is 12.0. The Labute approximate surface area is 194 Å². The van der Waals surface area contributed by atoms with Gasteiger partial charge in [-0.2, -0.15) is 0 Å². The molecular formula is C23H37NO6Si2. The molecule has 32 heavy (non-hydrogen) atoms. The van der Waals surface area contributed by atoms with Crippen LogP contribution in [0.4, 0.5) is 0 Å². The third-order valence-electron chi connectivity index (χ3n) is 4.66. The van der Waals surface area contributed by atoms with Crippen LogP contribution in [0.15, 0.2) is 42.6 Å². The smallest absolute Gasteiger partial charge is 0.370 e. The molecule has 0 spiro atoms. The van der Waals surface area contributed by atoms with Gasteiger partial charge in [0.05, 0.1) is 5.69 Å². The molecule has 1 heterocycles. The monoisotopic (exact) mass is 479 g/mol. The van der Waals surface area contributed by atoms with E-state index in [9.17, 15) is 0 Å². The average molecular weight is 480 g/mol. The second-order valence-corrected chi connectivity index (χ2v) is 11.8. The maximum atomic E-state index is 6.01. The van der Waals surface area contributed by atoms with Gasteiger partial charge in [-0.1, -0.05) is 30.3 Å². The summed E-state index contributed by atoms with van der Waals surface area (Å²) in [4.78, 5) is 4.67. The SMILES string of the molecule is CCO[Si](OCC)(OCC)c1ccc(-c2ccc([Si](OCC)(OCC)OCC)cn2)cc1. The van der Waals surface area contributed by atoms with E-state index in [2.05, 4.69) is 4.98 Å². The molecular weight excluding hydrogens is 442 g/mol. The number of hydrogen-bond donors (Lipinski definition) is 0. The van der Waals surface area contributed by atoms with Gasteiger partial charge in [-0.3, -0.25) is 4.98 Å². The molecule has 0 atom stereocenters. The minimum atomic E-state index is -2.96. The predicted octanol–water partition coefficient (Wildman–Crippen LogP) is 3.26. The van der Waals surface area contributed by atoms with Crippen molar-refractivity contribution >= 4 is 28.0 Å². The van der Waals surface area contributed by atoms with Gasteiger partial charge in [-0.15, -0.1) is 0 Å². The normalized spacial score (nSPS) is 12.3. The van der Waals surface area contributed by atoms with Gasteiger partial charge in [0.1, 0.15) is 0 Å². The maximum absolute atomic E-state index is 6.01. The van der Waals surface area contributed by atoms with Crippen molar-refractivity contribution in [3.63, 3.8) is 0 Å². The molecule has 1 aromatic heterocycles. The van der Waals surface area contributed by atoms with Gasteiger partial charge in [-0.05, 0) is 47.6 Å². The van der Waals surface area contributed by atoms with Crippen LogP contribution < -0.4 is 10.4 Å². The Hall–Kier alpha value is -1.44. The van der Waals surface area contributed by atoms with Crippen LogP contribution in [0.3, 0.4) is 0 Å². The Balaban J connectivity index is 2.33. The standard InChI is InChI=1S/C23H37NO6Si2/c1-7-25-31(26-8-2,27-9-3)21-15-13-20(14-16-21)23-18-17-22(19-24-23)32(28-10-4,29-11-5)30-12-6/h13-19H,7-12H2,1-6H3. The summed E-state index contributed by atoms with van der Waals surface area (Å²) in [5.74, 6) is 0. The highest BCUT2D eigenvalue weighted by molar-refractivity contribution is 6.75. The summed E-state index contributed by atoms with van der Waals surface area (Å²) >= 11 is 0. The van der Waals surface area contributed by atoms with E-state index in [0.717, 1.165) is 21.6 Å².